The zero-order chi connectivity index (χ0) is 15.4. The zero-order valence-corrected chi connectivity index (χ0v) is 13.3. The number of carbonyl (C=O) groups is 1. The molecule has 2 fully saturated rings. The first-order valence-electron chi connectivity index (χ1n) is 7.75. The molecule has 2 aliphatic heterocycles. The van der Waals surface area contributed by atoms with Gasteiger partial charge in [0.15, 0.2) is 0 Å². The summed E-state index contributed by atoms with van der Waals surface area (Å²) in [7, 11) is 0. The molecule has 0 saturated carbocycles. The van der Waals surface area contributed by atoms with Crippen LogP contribution in [0.4, 0.5) is 11.4 Å². The van der Waals surface area contributed by atoms with Crippen molar-refractivity contribution in [2.24, 2.45) is 5.92 Å². The van der Waals surface area contributed by atoms with Crippen molar-refractivity contribution in [2.45, 2.75) is 12.8 Å². The van der Waals surface area contributed by atoms with Crippen LogP contribution in [0.5, 0.6) is 0 Å². The molecule has 2 heterocycles. The van der Waals surface area contributed by atoms with Crippen LogP contribution in [-0.2, 0) is 14.3 Å². The lowest BCUT2D eigenvalue weighted by molar-refractivity contribution is -0.122. The number of hydrogen-bond acceptors (Lipinski definition) is 4. The second-order valence-corrected chi connectivity index (χ2v) is 6.02. The quantitative estimate of drug-likeness (QED) is 0.928. The molecule has 5 nitrogen and oxygen atoms in total. The molecule has 2 saturated heterocycles. The molecule has 0 atom stereocenters. The molecule has 120 valence electrons. The maximum Gasteiger partial charge on any atom is 0.227 e. The van der Waals surface area contributed by atoms with Gasteiger partial charge in [-0.05, 0) is 25.0 Å². The molecule has 0 unspecified atom stereocenters. The van der Waals surface area contributed by atoms with Gasteiger partial charge < -0.3 is 19.7 Å². The lowest BCUT2D eigenvalue weighted by Gasteiger charge is -2.31. The number of carbonyl (C=O) groups excluding carboxylic acids is 1. The van der Waals surface area contributed by atoms with E-state index in [1.165, 1.54) is 0 Å². The first-order chi connectivity index (χ1) is 10.8. The number of benzene rings is 1. The lowest BCUT2D eigenvalue weighted by atomic mass is 9.99. The summed E-state index contributed by atoms with van der Waals surface area (Å²) < 4.78 is 10.7. The predicted octanol–water partition coefficient (Wildman–Crippen LogP) is 2.54. The molecule has 2 aliphatic rings. The van der Waals surface area contributed by atoms with Crippen molar-refractivity contribution in [3.63, 3.8) is 0 Å². The first-order valence-corrected chi connectivity index (χ1v) is 8.13. The average molecular weight is 325 g/mol. The highest BCUT2D eigenvalue weighted by molar-refractivity contribution is 6.34. The Labute approximate surface area is 135 Å². The summed E-state index contributed by atoms with van der Waals surface area (Å²) in [6.07, 6.45) is 1.55. The topological polar surface area (TPSA) is 50.8 Å². The highest BCUT2D eigenvalue weighted by Crippen LogP contribution is 2.35. The number of hydrogen-bond donors (Lipinski definition) is 1. The molecule has 22 heavy (non-hydrogen) atoms. The summed E-state index contributed by atoms with van der Waals surface area (Å²) in [6, 6.07) is 5.64. The minimum Gasteiger partial charge on any atom is -0.381 e. The van der Waals surface area contributed by atoms with Crippen molar-refractivity contribution >= 4 is 28.9 Å². The van der Waals surface area contributed by atoms with Crippen LogP contribution >= 0.6 is 11.6 Å². The predicted molar refractivity (Wildman–Crippen MR) is 86.7 cm³/mol. The van der Waals surface area contributed by atoms with E-state index in [4.69, 9.17) is 21.1 Å². The number of nitrogens with one attached hydrogen (secondary N) is 1. The number of rotatable bonds is 3. The van der Waals surface area contributed by atoms with Gasteiger partial charge in [-0.3, -0.25) is 4.79 Å². The van der Waals surface area contributed by atoms with Crippen molar-refractivity contribution in [2.75, 3.05) is 49.7 Å². The minimum atomic E-state index is 0.0188. The van der Waals surface area contributed by atoms with Crippen LogP contribution in [0.15, 0.2) is 18.2 Å². The fraction of sp³-hybridized carbons (Fsp3) is 0.562. The summed E-state index contributed by atoms with van der Waals surface area (Å²) in [4.78, 5) is 14.6. The van der Waals surface area contributed by atoms with Crippen LogP contribution in [0.1, 0.15) is 12.8 Å². The van der Waals surface area contributed by atoms with Crippen LogP contribution < -0.4 is 10.2 Å². The molecule has 1 aromatic rings. The van der Waals surface area contributed by atoms with E-state index in [-0.39, 0.29) is 11.8 Å². The van der Waals surface area contributed by atoms with Gasteiger partial charge in [0.1, 0.15) is 0 Å². The van der Waals surface area contributed by atoms with E-state index in [2.05, 4.69) is 10.2 Å². The maximum atomic E-state index is 12.5. The van der Waals surface area contributed by atoms with E-state index < -0.39 is 0 Å². The van der Waals surface area contributed by atoms with Gasteiger partial charge in [-0.2, -0.15) is 0 Å². The maximum absolute atomic E-state index is 12.5. The van der Waals surface area contributed by atoms with E-state index in [0.717, 1.165) is 37.3 Å². The van der Waals surface area contributed by atoms with Crippen LogP contribution in [0.2, 0.25) is 5.02 Å². The van der Waals surface area contributed by atoms with Gasteiger partial charge in [0.2, 0.25) is 5.91 Å². The smallest absolute Gasteiger partial charge is 0.227 e. The van der Waals surface area contributed by atoms with Crippen molar-refractivity contribution in [1.29, 1.82) is 0 Å². The Kier molecular flexibility index (Phi) is 5.18. The van der Waals surface area contributed by atoms with Crippen LogP contribution in [0.25, 0.3) is 0 Å². The second kappa shape index (κ2) is 7.31. The summed E-state index contributed by atoms with van der Waals surface area (Å²) in [6.45, 7) is 4.23. The Morgan fingerprint density at radius 1 is 1.14 bits per heavy atom. The van der Waals surface area contributed by atoms with E-state index in [0.29, 0.717) is 31.5 Å². The Balaban J connectivity index is 1.77. The van der Waals surface area contributed by atoms with E-state index in [9.17, 15) is 4.79 Å². The Bertz CT molecular complexity index is 526. The fourth-order valence-electron chi connectivity index (χ4n) is 2.92. The molecule has 0 bridgehead atoms. The van der Waals surface area contributed by atoms with Crippen LogP contribution in [-0.4, -0.2) is 45.4 Å². The van der Waals surface area contributed by atoms with E-state index >= 15 is 0 Å². The molecule has 3 rings (SSSR count). The molecule has 1 N–H and O–H groups in total. The summed E-state index contributed by atoms with van der Waals surface area (Å²) in [5.74, 6) is 0.0744. The SMILES string of the molecule is O=C(Nc1cccc(Cl)c1N1CCOCC1)C1CCOCC1. The van der Waals surface area contributed by atoms with Crippen molar-refractivity contribution in [3.8, 4) is 0 Å². The molecule has 1 aromatic carbocycles. The number of anilines is 2. The Hall–Kier alpha value is -1.30. The number of morpholine rings is 1. The number of para-hydroxylation sites is 1. The monoisotopic (exact) mass is 324 g/mol. The first kappa shape index (κ1) is 15.6. The number of amides is 1. The molecule has 0 spiro atoms. The van der Waals surface area contributed by atoms with Gasteiger partial charge in [0.05, 0.1) is 29.6 Å². The molecular formula is C16H21ClN2O3. The Morgan fingerprint density at radius 3 is 2.55 bits per heavy atom. The number of nitrogens with zero attached hydrogens (tertiary/aromatic N) is 1. The van der Waals surface area contributed by atoms with E-state index in [1.54, 1.807) is 0 Å². The third-order valence-corrected chi connectivity index (χ3v) is 4.47. The lowest BCUT2D eigenvalue weighted by Crippen LogP contribution is -2.37. The molecular weight excluding hydrogens is 304 g/mol. The van der Waals surface area contributed by atoms with Gasteiger partial charge in [0.25, 0.3) is 0 Å². The zero-order valence-electron chi connectivity index (χ0n) is 12.5. The second-order valence-electron chi connectivity index (χ2n) is 5.61. The molecule has 1 amide bonds. The molecule has 6 heteroatoms. The largest absolute Gasteiger partial charge is 0.381 e. The van der Waals surface area contributed by atoms with Crippen molar-refractivity contribution in [1.82, 2.24) is 0 Å². The van der Waals surface area contributed by atoms with Crippen LogP contribution in [0.3, 0.4) is 0 Å². The number of ether oxygens (including phenoxy) is 2. The van der Waals surface area contributed by atoms with Crippen molar-refractivity contribution in [3.05, 3.63) is 23.2 Å². The average Bonchev–Trinajstić information content (AvgIpc) is 2.56. The standard InChI is InChI=1S/C16H21ClN2O3/c17-13-2-1-3-14(15(13)19-6-10-22-11-7-19)18-16(20)12-4-8-21-9-5-12/h1-3,12H,4-11H2,(H,18,20). The molecule has 0 aliphatic carbocycles. The van der Waals surface area contributed by atoms with Gasteiger partial charge in [0, 0.05) is 32.2 Å². The highest BCUT2D eigenvalue weighted by atomic mass is 35.5. The summed E-state index contributed by atoms with van der Waals surface area (Å²) >= 11 is 6.38. The minimum absolute atomic E-state index is 0.0188. The Morgan fingerprint density at radius 2 is 1.82 bits per heavy atom. The molecule has 0 aromatic heterocycles. The third-order valence-electron chi connectivity index (χ3n) is 4.16. The van der Waals surface area contributed by atoms with Gasteiger partial charge in [-0.1, -0.05) is 17.7 Å². The molecule has 0 radical (unpaired) electrons. The van der Waals surface area contributed by atoms with Crippen molar-refractivity contribution < 1.29 is 14.3 Å². The van der Waals surface area contributed by atoms with Gasteiger partial charge >= 0.3 is 0 Å². The fourth-order valence-corrected chi connectivity index (χ4v) is 3.21. The van der Waals surface area contributed by atoms with E-state index in [1.807, 2.05) is 18.2 Å². The van der Waals surface area contributed by atoms with Crippen LogP contribution in [0, 0.1) is 5.92 Å². The highest BCUT2D eigenvalue weighted by Gasteiger charge is 2.24. The third kappa shape index (κ3) is 3.54. The normalized spacial score (nSPS) is 20.0. The summed E-state index contributed by atoms with van der Waals surface area (Å²) in [5.41, 5.74) is 1.68. The number of halogens is 1. The van der Waals surface area contributed by atoms with Gasteiger partial charge in [-0.15, -0.1) is 0 Å². The van der Waals surface area contributed by atoms with Gasteiger partial charge in [-0.25, -0.2) is 0 Å². The summed E-state index contributed by atoms with van der Waals surface area (Å²) in [5, 5.41) is 3.72.